The van der Waals surface area contributed by atoms with Crippen LogP contribution in [-0.2, 0) is 18.3 Å². The molecule has 4 aromatic rings. The molecule has 0 atom stereocenters. The van der Waals surface area contributed by atoms with Gasteiger partial charge in [-0.2, -0.15) is 5.10 Å². The molecule has 33 heavy (non-hydrogen) atoms. The van der Waals surface area contributed by atoms with E-state index in [0.717, 1.165) is 40.3 Å². The van der Waals surface area contributed by atoms with Crippen LogP contribution in [0.5, 0.6) is 5.75 Å². The summed E-state index contributed by atoms with van der Waals surface area (Å²) in [6.07, 6.45) is 3.59. The third-order valence-corrected chi connectivity index (χ3v) is 6.11. The molecule has 0 aliphatic heterocycles. The zero-order valence-corrected chi connectivity index (χ0v) is 19.3. The summed E-state index contributed by atoms with van der Waals surface area (Å²) in [5, 5.41) is 4.85. The molecule has 168 valence electrons. The predicted molar refractivity (Wildman–Crippen MR) is 134 cm³/mol. The Morgan fingerprint density at radius 1 is 1.06 bits per heavy atom. The number of amides is 1. The minimum atomic E-state index is -0.179. The molecular weight excluding hydrogens is 432 g/mol. The molecule has 0 bridgehead atoms. The van der Waals surface area contributed by atoms with Crippen LogP contribution in [0.4, 0.5) is 0 Å². The normalized spacial score (nSPS) is 11.2. The molecule has 4 rings (SSSR count). The van der Waals surface area contributed by atoms with Crippen molar-refractivity contribution in [3.8, 4) is 5.75 Å². The Morgan fingerprint density at radius 3 is 2.61 bits per heavy atom. The molecule has 6 nitrogen and oxygen atoms in total. The van der Waals surface area contributed by atoms with Crippen molar-refractivity contribution in [2.75, 3.05) is 12.4 Å². The minimum absolute atomic E-state index is 0.179. The molecule has 1 amide bonds. The van der Waals surface area contributed by atoms with Crippen LogP contribution in [0, 0.1) is 0 Å². The summed E-state index contributed by atoms with van der Waals surface area (Å²) in [5.41, 5.74) is 6.74. The maximum atomic E-state index is 12.1. The van der Waals surface area contributed by atoms with E-state index in [1.54, 1.807) is 6.21 Å². The van der Waals surface area contributed by atoms with E-state index in [1.165, 1.54) is 17.3 Å². The number of benzene rings is 3. The highest BCUT2D eigenvalue weighted by Gasteiger charge is 2.09. The van der Waals surface area contributed by atoms with Crippen LogP contribution in [0.25, 0.3) is 11.0 Å². The highest BCUT2D eigenvalue weighted by atomic mass is 32.2. The lowest BCUT2D eigenvalue weighted by Gasteiger charge is -2.06. The number of hydrazone groups is 1. The Morgan fingerprint density at radius 2 is 1.82 bits per heavy atom. The van der Waals surface area contributed by atoms with Crippen molar-refractivity contribution in [1.82, 2.24) is 15.0 Å². The molecule has 0 saturated heterocycles. The summed E-state index contributed by atoms with van der Waals surface area (Å²) in [6, 6.07) is 26.0. The lowest BCUT2D eigenvalue weighted by atomic mass is 10.1. The number of para-hydroxylation sites is 2. The molecule has 1 aromatic heterocycles. The van der Waals surface area contributed by atoms with Gasteiger partial charge in [-0.3, -0.25) is 4.79 Å². The van der Waals surface area contributed by atoms with Gasteiger partial charge in [0.1, 0.15) is 5.75 Å². The Kier molecular flexibility index (Phi) is 7.76. The molecule has 0 unspecified atom stereocenters. The van der Waals surface area contributed by atoms with Gasteiger partial charge in [-0.05, 0) is 60.4 Å². The van der Waals surface area contributed by atoms with Crippen molar-refractivity contribution in [1.29, 1.82) is 0 Å². The SMILES string of the molecule is Cn1c(SCC(=O)N/N=C\c2ccc(OCCCc3ccccc3)cc2)nc2ccccc21. The second kappa shape index (κ2) is 11.3. The highest BCUT2D eigenvalue weighted by molar-refractivity contribution is 7.99. The number of nitrogens with one attached hydrogen (secondary N) is 1. The van der Waals surface area contributed by atoms with Crippen LogP contribution >= 0.6 is 11.8 Å². The van der Waals surface area contributed by atoms with Crippen LogP contribution in [0.3, 0.4) is 0 Å². The summed E-state index contributed by atoms with van der Waals surface area (Å²) >= 11 is 1.39. The first-order chi connectivity index (χ1) is 16.2. The van der Waals surface area contributed by atoms with Gasteiger partial charge in [-0.15, -0.1) is 0 Å². The van der Waals surface area contributed by atoms with Crippen molar-refractivity contribution >= 4 is 34.9 Å². The fraction of sp³-hybridized carbons (Fsp3) is 0.192. The van der Waals surface area contributed by atoms with Crippen molar-refractivity contribution in [2.45, 2.75) is 18.0 Å². The number of fused-ring (bicyclic) bond motifs is 1. The standard InChI is InChI=1S/C26H26N4O2S/c1-30-24-12-6-5-11-23(24)28-26(30)33-19-25(31)29-27-18-21-13-15-22(16-14-21)32-17-7-10-20-8-3-2-4-9-20/h2-6,8-9,11-16,18H,7,10,17,19H2,1H3,(H,29,31)/b27-18-. The number of rotatable bonds is 10. The first-order valence-corrected chi connectivity index (χ1v) is 11.8. The number of nitrogens with zero attached hydrogens (tertiary/aromatic N) is 3. The first-order valence-electron chi connectivity index (χ1n) is 10.8. The van der Waals surface area contributed by atoms with E-state index in [-0.39, 0.29) is 11.7 Å². The van der Waals surface area contributed by atoms with E-state index in [4.69, 9.17) is 4.74 Å². The third kappa shape index (κ3) is 6.46. The van der Waals surface area contributed by atoms with Crippen LogP contribution < -0.4 is 10.2 Å². The molecule has 0 radical (unpaired) electrons. The van der Waals surface area contributed by atoms with Gasteiger partial charge >= 0.3 is 0 Å². The zero-order chi connectivity index (χ0) is 22.9. The molecule has 0 aliphatic carbocycles. The smallest absolute Gasteiger partial charge is 0.250 e. The molecule has 1 heterocycles. The van der Waals surface area contributed by atoms with E-state index < -0.39 is 0 Å². The topological polar surface area (TPSA) is 68.5 Å². The zero-order valence-electron chi connectivity index (χ0n) is 18.5. The van der Waals surface area contributed by atoms with E-state index >= 15 is 0 Å². The average Bonchev–Trinajstić information content (AvgIpc) is 3.18. The molecule has 1 N–H and O–H groups in total. The molecule has 0 saturated carbocycles. The van der Waals surface area contributed by atoms with Gasteiger partial charge in [0.05, 0.1) is 29.6 Å². The maximum absolute atomic E-state index is 12.1. The molecular formula is C26H26N4O2S. The third-order valence-electron chi connectivity index (χ3n) is 5.08. The average molecular weight is 459 g/mol. The summed E-state index contributed by atoms with van der Waals surface area (Å²) in [7, 11) is 1.95. The predicted octanol–water partition coefficient (Wildman–Crippen LogP) is 4.83. The van der Waals surface area contributed by atoms with Crippen molar-refractivity contribution in [3.63, 3.8) is 0 Å². The molecule has 3 aromatic carbocycles. The lowest BCUT2D eigenvalue weighted by Crippen LogP contribution is -2.19. The second-order valence-electron chi connectivity index (χ2n) is 7.53. The van der Waals surface area contributed by atoms with Crippen molar-refractivity contribution in [3.05, 3.63) is 90.0 Å². The largest absolute Gasteiger partial charge is 0.494 e. The number of imidazole rings is 1. The fourth-order valence-electron chi connectivity index (χ4n) is 3.35. The highest BCUT2D eigenvalue weighted by Crippen LogP contribution is 2.22. The quantitative estimate of drug-likeness (QED) is 0.160. The Labute approximate surface area is 197 Å². The Hall–Kier alpha value is -3.58. The summed E-state index contributed by atoms with van der Waals surface area (Å²) in [6.45, 7) is 0.668. The number of hydrogen-bond donors (Lipinski definition) is 1. The van der Waals surface area contributed by atoms with E-state index in [0.29, 0.717) is 6.61 Å². The number of carbonyl (C=O) groups excluding carboxylic acids is 1. The number of aryl methyl sites for hydroxylation is 2. The summed E-state index contributed by atoms with van der Waals surface area (Å²) in [4.78, 5) is 16.7. The Bertz CT molecular complexity index is 1220. The van der Waals surface area contributed by atoms with Crippen molar-refractivity contribution in [2.24, 2.45) is 12.1 Å². The van der Waals surface area contributed by atoms with Gasteiger partial charge in [0.25, 0.3) is 5.91 Å². The van der Waals surface area contributed by atoms with Crippen LogP contribution in [0.1, 0.15) is 17.5 Å². The van der Waals surface area contributed by atoms with Gasteiger partial charge < -0.3 is 9.30 Å². The van der Waals surface area contributed by atoms with Gasteiger partial charge in [0, 0.05) is 7.05 Å². The van der Waals surface area contributed by atoms with Gasteiger partial charge in [-0.25, -0.2) is 10.4 Å². The van der Waals surface area contributed by atoms with Gasteiger partial charge in [0.2, 0.25) is 0 Å². The lowest BCUT2D eigenvalue weighted by molar-refractivity contribution is -0.118. The molecule has 0 aliphatic rings. The van der Waals surface area contributed by atoms with E-state index in [9.17, 15) is 4.79 Å². The van der Waals surface area contributed by atoms with Crippen LogP contribution in [0.15, 0.2) is 89.1 Å². The first kappa shape index (κ1) is 22.6. The Balaban J connectivity index is 1.18. The van der Waals surface area contributed by atoms with E-state index in [1.807, 2.05) is 66.2 Å². The monoisotopic (exact) mass is 458 g/mol. The number of ether oxygens (including phenoxy) is 1. The van der Waals surface area contributed by atoms with Gasteiger partial charge in [-0.1, -0.05) is 54.2 Å². The minimum Gasteiger partial charge on any atom is -0.494 e. The molecule has 7 heteroatoms. The van der Waals surface area contributed by atoms with Crippen molar-refractivity contribution < 1.29 is 9.53 Å². The number of hydrogen-bond acceptors (Lipinski definition) is 5. The number of thioether (sulfide) groups is 1. The fourth-order valence-corrected chi connectivity index (χ4v) is 4.13. The summed E-state index contributed by atoms with van der Waals surface area (Å²) in [5.74, 6) is 0.884. The summed E-state index contributed by atoms with van der Waals surface area (Å²) < 4.78 is 7.79. The van der Waals surface area contributed by atoms with Crippen LogP contribution in [-0.4, -0.2) is 34.0 Å². The van der Waals surface area contributed by atoms with Crippen LogP contribution in [0.2, 0.25) is 0 Å². The number of aromatic nitrogens is 2. The van der Waals surface area contributed by atoms with E-state index in [2.05, 4.69) is 39.8 Å². The van der Waals surface area contributed by atoms with Gasteiger partial charge in [0.15, 0.2) is 5.16 Å². The number of carbonyl (C=O) groups is 1. The second-order valence-corrected chi connectivity index (χ2v) is 8.47. The molecule has 0 spiro atoms. The molecule has 0 fully saturated rings. The maximum Gasteiger partial charge on any atom is 0.250 e.